The van der Waals surface area contributed by atoms with Crippen molar-refractivity contribution in [2.24, 2.45) is 0 Å². The van der Waals surface area contributed by atoms with Gasteiger partial charge in [-0.3, -0.25) is 14.6 Å². The predicted molar refractivity (Wildman–Crippen MR) is 166 cm³/mol. The number of piperidine rings is 1. The number of anilines is 1. The number of aromatic hydroxyl groups is 1. The van der Waals surface area contributed by atoms with Crippen LogP contribution in [0, 0.1) is 0 Å². The van der Waals surface area contributed by atoms with Gasteiger partial charge in [0.15, 0.2) is 0 Å². The molecule has 0 spiro atoms. The van der Waals surface area contributed by atoms with Crippen molar-refractivity contribution in [3.63, 3.8) is 0 Å². The van der Waals surface area contributed by atoms with Crippen molar-refractivity contribution >= 4 is 46.4 Å². The first kappa shape index (κ1) is 29.4. The Morgan fingerprint density at radius 2 is 1.86 bits per heavy atom. The number of halogens is 1. The van der Waals surface area contributed by atoms with Crippen molar-refractivity contribution in [3.05, 3.63) is 94.6 Å². The molecule has 0 radical (unpaired) electrons. The Morgan fingerprint density at radius 1 is 1.07 bits per heavy atom. The zero-order chi connectivity index (χ0) is 29.5. The molecule has 2 aromatic carbocycles. The fourth-order valence-electron chi connectivity index (χ4n) is 5.64. The zero-order valence-electron chi connectivity index (χ0n) is 23.4. The molecule has 8 nitrogen and oxygen atoms in total. The molecule has 218 valence electrons. The highest BCUT2D eigenvalue weighted by atomic mass is 35.5. The van der Waals surface area contributed by atoms with Crippen LogP contribution < -0.4 is 4.90 Å². The second-order valence-electron chi connectivity index (χ2n) is 10.7. The van der Waals surface area contributed by atoms with Gasteiger partial charge in [0, 0.05) is 35.9 Å². The maximum absolute atomic E-state index is 11.9. The van der Waals surface area contributed by atoms with Gasteiger partial charge < -0.3 is 15.2 Å². The number of phenolic OH excluding ortho intramolecular Hbond substituents is 1. The Hall–Kier alpha value is -4.14. The van der Waals surface area contributed by atoms with E-state index in [1.165, 1.54) is 67.6 Å². The standard InChI is InChI=1S/C26H29ClN4O.C7H6O3/c27-21-7-4-19(5-8-21)12-15-31(18-32)25-11-10-24-26(29-25)23(17-28-24)20-6-9-22-3-1-2-14-30(22)16-13-20;8-6-3-1-5(2-4-6)7(9)10/h4-5,7-8,10-11,13,17-18,22,28H,1-3,6,9,12,14-16H2;1-4,8H,(H,9,10). The molecule has 9 heteroatoms. The molecular weight excluding hydrogens is 552 g/mol. The second-order valence-corrected chi connectivity index (χ2v) is 11.1. The number of allylic oxidation sites excluding steroid dienone is 1. The largest absolute Gasteiger partial charge is 0.508 e. The number of phenols is 1. The molecule has 2 aromatic heterocycles. The van der Waals surface area contributed by atoms with Crippen molar-refractivity contribution in [1.29, 1.82) is 0 Å². The molecule has 1 saturated heterocycles. The SMILES string of the molecule is O=C(O)c1ccc(O)cc1.O=CN(CCc1ccc(Cl)cc1)c1ccc2[nH]cc(C3=CCN4CCCCC4CC3)c2n1. The molecule has 2 aliphatic rings. The molecule has 1 atom stereocenters. The molecule has 1 amide bonds. The summed E-state index contributed by atoms with van der Waals surface area (Å²) in [4.78, 5) is 34.7. The van der Waals surface area contributed by atoms with Crippen molar-refractivity contribution < 1.29 is 19.8 Å². The van der Waals surface area contributed by atoms with Crippen LogP contribution in [0.1, 0.15) is 53.6 Å². The minimum atomic E-state index is -0.986. The van der Waals surface area contributed by atoms with Gasteiger partial charge in [0.25, 0.3) is 0 Å². The van der Waals surface area contributed by atoms with Crippen LogP contribution in [-0.2, 0) is 11.2 Å². The van der Waals surface area contributed by atoms with Crippen LogP contribution in [-0.4, -0.2) is 63.1 Å². The summed E-state index contributed by atoms with van der Waals surface area (Å²) in [5.41, 5.74) is 5.82. The molecule has 0 aliphatic carbocycles. The van der Waals surface area contributed by atoms with Gasteiger partial charge >= 0.3 is 5.97 Å². The minimum Gasteiger partial charge on any atom is -0.508 e. The van der Waals surface area contributed by atoms with Crippen LogP contribution >= 0.6 is 11.6 Å². The fourth-order valence-corrected chi connectivity index (χ4v) is 5.77. The summed E-state index contributed by atoms with van der Waals surface area (Å²) in [6.45, 7) is 2.81. The number of carboxylic acid groups (broad SMARTS) is 1. The normalized spacial score (nSPS) is 16.9. The van der Waals surface area contributed by atoms with E-state index in [4.69, 9.17) is 26.8 Å². The smallest absolute Gasteiger partial charge is 0.335 e. The summed E-state index contributed by atoms with van der Waals surface area (Å²) in [5, 5.41) is 17.9. The lowest BCUT2D eigenvalue weighted by Gasteiger charge is -2.33. The lowest BCUT2D eigenvalue weighted by atomic mass is 9.96. The van der Waals surface area contributed by atoms with Crippen LogP contribution in [0.4, 0.5) is 5.82 Å². The monoisotopic (exact) mass is 586 g/mol. The molecule has 6 rings (SSSR count). The van der Waals surface area contributed by atoms with E-state index in [9.17, 15) is 9.59 Å². The summed E-state index contributed by atoms with van der Waals surface area (Å²) < 4.78 is 0. The van der Waals surface area contributed by atoms with Crippen LogP contribution in [0.2, 0.25) is 5.02 Å². The maximum atomic E-state index is 11.9. The van der Waals surface area contributed by atoms with Gasteiger partial charge in [0.1, 0.15) is 11.6 Å². The third-order valence-corrected chi connectivity index (χ3v) is 8.26. The number of carboxylic acids is 1. The number of fused-ring (bicyclic) bond motifs is 2. The molecule has 42 heavy (non-hydrogen) atoms. The highest BCUT2D eigenvalue weighted by Crippen LogP contribution is 2.33. The number of aromatic amines is 1. The molecule has 1 unspecified atom stereocenters. The Morgan fingerprint density at radius 3 is 2.60 bits per heavy atom. The lowest BCUT2D eigenvalue weighted by molar-refractivity contribution is -0.107. The van der Waals surface area contributed by atoms with E-state index in [0.29, 0.717) is 18.4 Å². The lowest BCUT2D eigenvalue weighted by Crippen LogP contribution is -2.38. The van der Waals surface area contributed by atoms with Crippen molar-refractivity contribution in [2.75, 3.05) is 24.5 Å². The molecular formula is C33H35ClN4O4. The number of benzene rings is 2. The number of carbonyl (C=O) groups is 2. The van der Waals surface area contributed by atoms with Gasteiger partial charge in [-0.1, -0.05) is 36.2 Å². The first-order valence-corrected chi connectivity index (χ1v) is 14.7. The Labute approximate surface area is 250 Å². The number of amides is 1. The number of nitrogens with one attached hydrogen (secondary N) is 1. The number of pyridine rings is 1. The van der Waals surface area contributed by atoms with Crippen molar-refractivity contribution in [2.45, 2.75) is 44.6 Å². The maximum Gasteiger partial charge on any atom is 0.335 e. The molecule has 4 heterocycles. The summed E-state index contributed by atoms with van der Waals surface area (Å²) >= 11 is 5.98. The van der Waals surface area contributed by atoms with E-state index in [0.717, 1.165) is 47.4 Å². The van der Waals surface area contributed by atoms with E-state index >= 15 is 0 Å². The third kappa shape index (κ3) is 7.19. The molecule has 0 saturated carbocycles. The zero-order valence-corrected chi connectivity index (χ0v) is 24.1. The number of carbonyl (C=O) groups excluding carboxylic acids is 1. The number of rotatable bonds is 7. The van der Waals surface area contributed by atoms with Crippen molar-refractivity contribution in [1.82, 2.24) is 14.9 Å². The van der Waals surface area contributed by atoms with Crippen LogP contribution in [0.5, 0.6) is 5.75 Å². The van der Waals surface area contributed by atoms with Crippen LogP contribution in [0.25, 0.3) is 16.6 Å². The number of aromatic carboxylic acids is 1. The average molecular weight is 587 g/mol. The highest BCUT2D eigenvalue weighted by Gasteiger charge is 2.25. The molecule has 1 fully saturated rings. The number of H-pyrrole nitrogens is 1. The van der Waals surface area contributed by atoms with Gasteiger partial charge in [-0.2, -0.15) is 0 Å². The number of hydrogen-bond acceptors (Lipinski definition) is 5. The molecule has 0 bridgehead atoms. The second kappa shape index (κ2) is 13.7. The quantitative estimate of drug-likeness (QED) is 0.212. The summed E-state index contributed by atoms with van der Waals surface area (Å²) in [6, 6.07) is 17.8. The van der Waals surface area contributed by atoms with E-state index in [1.54, 1.807) is 4.90 Å². The Balaban J connectivity index is 0.000000300. The van der Waals surface area contributed by atoms with Gasteiger partial charge in [0.2, 0.25) is 6.41 Å². The van der Waals surface area contributed by atoms with Gasteiger partial charge in [-0.25, -0.2) is 9.78 Å². The van der Waals surface area contributed by atoms with E-state index in [2.05, 4.69) is 22.2 Å². The third-order valence-electron chi connectivity index (χ3n) is 8.01. The molecule has 4 aromatic rings. The summed E-state index contributed by atoms with van der Waals surface area (Å²) in [6.07, 6.45) is 12.4. The van der Waals surface area contributed by atoms with Crippen molar-refractivity contribution in [3.8, 4) is 5.75 Å². The van der Waals surface area contributed by atoms with Crippen LogP contribution in [0.15, 0.2) is 72.9 Å². The number of nitrogens with zero attached hydrogens (tertiary/aromatic N) is 3. The van der Waals surface area contributed by atoms with E-state index in [1.807, 2.05) is 36.4 Å². The first-order chi connectivity index (χ1) is 20.4. The summed E-state index contributed by atoms with van der Waals surface area (Å²) in [5.74, 6) is -0.223. The number of hydrogen-bond donors (Lipinski definition) is 3. The fraction of sp³-hybridized carbons (Fsp3) is 0.303. The summed E-state index contributed by atoms with van der Waals surface area (Å²) in [7, 11) is 0. The topological polar surface area (TPSA) is 110 Å². The highest BCUT2D eigenvalue weighted by molar-refractivity contribution is 6.30. The van der Waals surface area contributed by atoms with E-state index < -0.39 is 5.97 Å². The van der Waals surface area contributed by atoms with Gasteiger partial charge in [-0.15, -0.1) is 0 Å². The minimum absolute atomic E-state index is 0.0741. The van der Waals surface area contributed by atoms with E-state index in [-0.39, 0.29) is 11.3 Å². The molecule has 2 aliphatic heterocycles. The Bertz CT molecular complexity index is 1550. The van der Waals surface area contributed by atoms with Gasteiger partial charge in [-0.05, 0) is 98.3 Å². The first-order valence-electron chi connectivity index (χ1n) is 14.3. The number of aromatic nitrogens is 2. The average Bonchev–Trinajstić information content (AvgIpc) is 3.31. The van der Waals surface area contributed by atoms with Gasteiger partial charge in [0.05, 0.1) is 16.6 Å². The van der Waals surface area contributed by atoms with Crippen LogP contribution in [0.3, 0.4) is 0 Å². The Kier molecular flexibility index (Phi) is 9.56. The molecule has 3 N–H and O–H groups in total. The predicted octanol–water partition coefficient (Wildman–Crippen LogP) is 6.54.